The summed E-state index contributed by atoms with van der Waals surface area (Å²) in [5.74, 6) is 0.893. The van der Waals surface area contributed by atoms with E-state index in [9.17, 15) is 0 Å². The standard InChI is InChI=1S/C6H5BrO.3C6H5.Sn/c7-5-3-1-2-4-6(5)8;3*1-2-4-6-5-3-1;/h1-4,8H;3*1-5H;/q;;;;+1/p-1. The summed E-state index contributed by atoms with van der Waals surface area (Å²) in [7, 11) is 0. The molecule has 0 spiro atoms. The van der Waals surface area contributed by atoms with Gasteiger partial charge in [0.05, 0.1) is 0 Å². The summed E-state index contributed by atoms with van der Waals surface area (Å²) in [6.07, 6.45) is 0. The molecular weight excluding hydrogens is 503 g/mol. The molecule has 0 unspecified atom stereocenters. The third-order valence-electron chi connectivity index (χ3n) is 4.64. The van der Waals surface area contributed by atoms with Gasteiger partial charge in [0.15, 0.2) is 0 Å². The van der Waals surface area contributed by atoms with Gasteiger partial charge in [0.25, 0.3) is 0 Å². The van der Waals surface area contributed by atoms with Crippen LogP contribution in [0.4, 0.5) is 0 Å². The summed E-state index contributed by atoms with van der Waals surface area (Å²) in [5.41, 5.74) is 0. The van der Waals surface area contributed by atoms with E-state index in [1.807, 2.05) is 24.3 Å². The van der Waals surface area contributed by atoms with Gasteiger partial charge in [-0.25, -0.2) is 0 Å². The molecule has 3 heteroatoms. The molecule has 0 bridgehead atoms. The molecule has 0 fully saturated rings. The van der Waals surface area contributed by atoms with Crippen molar-refractivity contribution in [1.82, 2.24) is 0 Å². The molecule has 4 aromatic rings. The van der Waals surface area contributed by atoms with Gasteiger partial charge < -0.3 is 0 Å². The molecule has 27 heavy (non-hydrogen) atoms. The van der Waals surface area contributed by atoms with Crippen LogP contribution in [0.3, 0.4) is 0 Å². The van der Waals surface area contributed by atoms with Gasteiger partial charge in [-0.05, 0) is 0 Å². The topological polar surface area (TPSA) is 9.23 Å². The van der Waals surface area contributed by atoms with Gasteiger partial charge >= 0.3 is 174 Å². The van der Waals surface area contributed by atoms with Gasteiger partial charge in [0.2, 0.25) is 0 Å². The molecule has 132 valence electrons. The van der Waals surface area contributed by atoms with Gasteiger partial charge in [-0.3, -0.25) is 0 Å². The maximum absolute atomic E-state index is 7.05. The van der Waals surface area contributed by atoms with Crippen molar-refractivity contribution in [2.75, 3.05) is 0 Å². The van der Waals surface area contributed by atoms with Gasteiger partial charge in [0.1, 0.15) is 0 Å². The zero-order chi connectivity index (χ0) is 18.5. The van der Waals surface area contributed by atoms with Crippen LogP contribution in [-0.4, -0.2) is 18.8 Å². The van der Waals surface area contributed by atoms with Crippen molar-refractivity contribution in [3.63, 3.8) is 0 Å². The summed E-state index contributed by atoms with van der Waals surface area (Å²) in [6.45, 7) is 0. The van der Waals surface area contributed by atoms with Crippen LogP contribution in [0.25, 0.3) is 0 Å². The molecule has 0 aliphatic rings. The van der Waals surface area contributed by atoms with Crippen molar-refractivity contribution < 1.29 is 3.07 Å². The van der Waals surface area contributed by atoms with Crippen molar-refractivity contribution in [2.24, 2.45) is 0 Å². The van der Waals surface area contributed by atoms with E-state index >= 15 is 0 Å². The van der Waals surface area contributed by atoms with Crippen molar-refractivity contribution in [2.45, 2.75) is 0 Å². The van der Waals surface area contributed by atoms with Crippen LogP contribution in [0, 0.1) is 0 Å². The average Bonchev–Trinajstić information content (AvgIpc) is 2.75. The number of para-hydroxylation sites is 1. The summed E-state index contributed by atoms with van der Waals surface area (Å²) < 4.78 is 11.9. The Morgan fingerprint density at radius 2 is 0.852 bits per heavy atom. The van der Waals surface area contributed by atoms with Gasteiger partial charge in [-0.15, -0.1) is 0 Å². The summed E-state index contributed by atoms with van der Waals surface area (Å²) in [6, 6.07) is 40.2. The molecule has 0 aliphatic carbocycles. The van der Waals surface area contributed by atoms with Crippen LogP contribution in [0.2, 0.25) is 0 Å². The molecule has 0 saturated carbocycles. The monoisotopic (exact) mass is 522 g/mol. The zero-order valence-electron chi connectivity index (χ0n) is 14.8. The summed E-state index contributed by atoms with van der Waals surface area (Å²) in [4.78, 5) is 0. The first kappa shape index (κ1) is 18.3. The van der Waals surface area contributed by atoms with Gasteiger partial charge in [-0.2, -0.15) is 0 Å². The van der Waals surface area contributed by atoms with E-state index in [0.29, 0.717) is 0 Å². The Labute approximate surface area is 173 Å². The number of hydrogen-bond acceptors (Lipinski definition) is 1. The summed E-state index contributed by atoms with van der Waals surface area (Å²) >= 11 is -0.0593. The quantitative estimate of drug-likeness (QED) is 0.352. The van der Waals surface area contributed by atoms with Crippen LogP contribution in [0.15, 0.2) is 120 Å². The molecule has 0 N–H and O–H groups in total. The molecule has 1 nitrogen and oxygen atoms in total. The molecular formula is C24H19BrOSn. The maximum atomic E-state index is 7.05. The number of halogens is 1. The van der Waals surface area contributed by atoms with Crippen molar-refractivity contribution >= 4 is 45.5 Å². The molecule has 0 heterocycles. The molecule has 0 saturated heterocycles. The van der Waals surface area contributed by atoms with Crippen molar-refractivity contribution in [1.29, 1.82) is 0 Å². The summed E-state index contributed by atoms with van der Waals surface area (Å²) in [5, 5.41) is 0. The third kappa shape index (κ3) is 3.69. The van der Waals surface area contributed by atoms with E-state index in [-0.39, 0.29) is 0 Å². The molecule has 0 amide bonds. The van der Waals surface area contributed by atoms with Crippen LogP contribution in [0.5, 0.6) is 5.75 Å². The number of rotatable bonds is 5. The van der Waals surface area contributed by atoms with Gasteiger partial charge in [0, 0.05) is 0 Å². The second kappa shape index (κ2) is 8.32. The zero-order valence-corrected chi connectivity index (χ0v) is 19.2. The van der Waals surface area contributed by atoms with Crippen molar-refractivity contribution in [3.8, 4) is 5.75 Å². The van der Waals surface area contributed by atoms with E-state index in [2.05, 4.69) is 107 Å². The SMILES string of the molecule is Brc1ccccc1[O][Sn]([c]1ccccc1)([c]1ccccc1)[c]1ccccc1. The van der Waals surface area contributed by atoms with Crippen molar-refractivity contribution in [3.05, 3.63) is 120 Å². The minimum atomic E-state index is -3.73. The average molecular weight is 522 g/mol. The second-order valence-corrected chi connectivity index (χ2v) is 16.6. The first-order valence-electron chi connectivity index (χ1n) is 8.91. The van der Waals surface area contributed by atoms with Crippen LogP contribution in [0.1, 0.15) is 0 Å². The third-order valence-corrected chi connectivity index (χ3v) is 16.6. The molecule has 0 aliphatic heterocycles. The Balaban J connectivity index is 2.02. The first-order chi connectivity index (χ1) is 13.3. The fraction of sp³-hybridized carbons (Fsp3) is 0. The van der Waals surface area contributed by atoms with E-state index in [4.69, 9.17) is 3.07 Å². The van der Waals surface area contributed by atoms with Crippen LogP contribution >= 0.6 is 15.9 Å². The van der Waals surface area contributed by atoms with Crippen LogP contribution < -0.4 is 13.8 Å². The molecule has 4 rings (SSSR count). The normalized spacial score (nSPS) is 11.1. The molecule has 0 atom stereocenters. The van der Waals surface area contributed by atoms with E-state index in [1.165, 1.54) is 10.7 Å². The predicted molar refractivity (Wildman–Crippen MR) is 119 cm³/mol. The Morgan fingerprint density at radius 1 is 0.481 bits per heavy atom. The Morgan fingerprint density at radius 3 is 1.26 bits per heavy atom. The Kier molecular flexibility index (Phi) is 5.65. The fourth-order valence-corrected chi connectivity index (χ4v) is 15.2. The molecule has 0 radical (unpaired) electrons. The molecule has 0 aromatic heterocycles. The van der Waals surface area contributed by atoms with E-state index in [0.717, 1.165) is 10.2 Å². The predicted octanol–water partition coefficient (Wildman–Crippen LogP) is 4.50. The first-order valence-corrected chi connectivity index (χ1v) is 15.1. The number of hydrogen-bond donors (Lipinski definition) is 0. The van der Waals surface area contributed by atoms with Crippen LogP contribution in [-0.2, 0) is 0 Å². The number of benzene rings is 4. The van der Waals surface area contributed by atoms with Gasteiger partial charge in [-0.1, -0.05) is 0 Å². The molecule has 4 aromatic carbocycles. The van der Waals surface area contributed by atoms with E-state index < -0.39 is 18.8 Å². The Bertz CT molecular complexity index is 907. The second-order valence-electron chi connectivity index (χ2n) is 6.31. The Hall–Kier alpha value is -2.04. The van der Waals surface area contributed by atoms with E-state index in [1.54, 1.807) is 0 Å². The fourth-order valence-electron chi connectivity index (χ4n) is 3.39. The minimum absolute atomic E-state index is 0.893.